The highest BCUT2D eigenvalue weighted by Crippen LogP contribution is 2.17. The van der Waals surface area contributed by atoms with E-state index in [1.165, 1.54) is 36.0 Å². The second kappa shape index (κ2) is 7.16. The Kier molecular flexibility index (Phi) is 5.84. The minimum Gasteiger partial charge on any atom is -0.364 e. The molecule has 0 aliphatic heterocycles. The molecule has 0 atom stereocenters. The maximum atomic E-state index is 12.1. The van der Waals surface area contributed by atoms with E-state index < -0.39 is 4.92 Å². The molecule has 0 saturated carbocycles. The van der Waals surface area contributed by atoms with E-state index in [9.17, 15) is 14.9 Å². The summed E-state index contributed by atoms with van der Waals surface area (Å²) in [6, 6.07) is 5.47. The molecule has 0 spiro atoms. The molecule has 0 N–H and O–H groups in total. The lowest BCUT2D eigenvalue weighted by atomic mass is 10.1. The monoisotopic (exact) mass is 310 g/mol. The molecule has 0 bridgehead atoms. The van der Waals surface area contributed by atoms with Crippen molar-refractivity contribution in [3.8, 4) is 0 Å². The minimum atomic E-state index is -0.506. The molecular weight excluding hydrogens is 296 g/mol. The molecule has 0 amide bonds. The van der Waals surface area contributed by atoms with Crippen LogP contribution in [0, 0.1) is 10.1 Å². The minimum absolute atomic E-state index is 0.0460. The summed E-state index contributed by atoms with van der Waals surface area (Å²) >= 11 is 6.46. The smallest absolute Gasteiger partial charge is 0.269 e. The summed E-state index contributed by atoms with van der Waals surface area (Å²) in [5.41, 5.74) is 0.750. The van der Waals surface area contributed by atoms with Gasteiger partial charge in [-0.2, -0.15) is 0 Å². The molecule has 20 heavy (non-hydrogen) atoms. The SMILES string of the molecule is C=C(CSC(=S)N(C)C)C(=O)c1ccc([N+](=O)[O-])cc1. The molecule has 0 unspecified atom stereocenters. The summed E-state index contributed by atoms with van der Waals surface area (Å²) in [5.74, 6) is 0.168. The number of nitrogens with zero attached hydrogens (tertiary/aromatic N) is 2. The van der Waals surface area contributed by atoms with Crippen molar-refractivity contribution in [1.82, 2.24) is 4.90 Å². The van der Waals surface area contributed by atoms with Crippen LogP contribution in [0.3, 0.4) is 0 Å². The molecule has 1 rings (SSSR count). The summed E-state index contributed by atoms with van der Waals surface area (Å²) in [4.78, 5) is 23.9. The quantitative estimate of drug-likeness (QED) is 0.274. The molecule has 0 fully saturated rings. The summed E-state index contributed by atoms with van der Waals surface area (Å²) in [6.07, 6.45) is 0. The number of nitro benzene ring substituents is 1. The molecule has 106 valence electrons. The number of hydrogen-bond acceptors (Lipinski definition) is 5. The number of hydrogen-bond donors (Lipinski definition) is 0. The van der Waals surface area contributed by atoms with Gasteiger partial charge in [-0.25, -0.2) is 0 Å². The Labute approximate surface area is 126 Å². The molecule has 0 aliphatic rings. The summed E-state index contributed by atoms with van der Waals surface area (Å²) in [5, 5.41) is 10.5. The topological polar surface area (TPSA) is 63.5 Å². The van der Waals surface area contributed by atoms with Crippen molar-refractivity contribution in [2.45, 2.75) is 0 Å². The van der Waals surface area contributed by atoms with Crippen LogP contribution in [-0.4, -0.2) is 39.8 Å². The van der Waals surface area contributed by atoms with E-state index in [1.54, 1.807) is 4.90 Å². The van der Waals surface area contributed by atoms with Crippen LogP contribution in [0.1, 0.15) is 10.4 Å². The molecule has 0 radical (unpaired) electrons. The predicted octanol–water partition coefficient (Wildman–Crippen LogP) is 2.91. The van der Waals surface area contributed by atoms with Gasteiger partial charge in [-0.3, -0.25) is 14.9 Å². The third-order valence-electron chi connectivity index (χ3n) is 2.40. The average Bonchev–Trinajstić information content (AvgIpc) is 2.43. The number of thiocarbonyl (C=S) groups is 1. The van der Waals surface area contributed by atoms with Crippen LogP contribution < -0.4 is 0 Å². The van der Waals surface area contributed by atoms with E-state index >= 15 is 0 Å². The van der Waals surface area contributed by atoms with E-state index in [4.69, 9.17) is 12.2 Å². The Morgan fingerprint density at radius 2 is 1.95 bits per heavy atom. The standard InChI is InChI=1S/C13H14N2O3S2/c1-9(8-20-13(19)14(2)3)12(16)10-4-6-11(7-5-10)15(17)18/h4-7H,1,8H2,2-3H3. The van der Waals surface area contributed by atoms with Gasteiger partial charge in [0.15, 0.2) is 5.78 Å². The highest BCUT2D eigenvalue weighted by atomic mass is 32.2. The maximum Gasteiger partial charge on any atom is 0.269 e. The van der Waals surface area contributed by atoms with Crippen molar-refractivity contribution in [3.63, 3.8) is 0 Å². The van der Waals surface area contributed by atoms with Crippen molar-refractivity contribution in [2.75, 3.05) is 19.8 Å². The highest BCUT2D eigenvalue weighted by Gasteiger charge is 2.13. The van der Waals surface area contributed by atoms with Gasteiger partial charge >= 0.3 is 0 Å². The lowest BCUT2D eigenvalue weighted by molar-refractivity contribution is -0.384. The largest absolute Gasteiger partial charge is 0.364 e. The van der Waals surface area contributed by atoms with E-state index in [-0.39, 0.29) is 11.5 Å². The molecule has 0 heterocycles. The summed E-state index contributed by atoms with van der Waals surface area (Å²) < 4.78 is 0.669. The number of ketones is 1. The van der Waals surface area contributed by atoms with Gasteiger partial charge in [0.05, 0.1) is 4.92 Å². The Morgan fingerprint density at radius 3 is 2.40 bits per heavy atom. The first-order chi connectivity index (χ1) is 9.32. The summed E-state index contributed by atoms with van der Waals surface area (Å²) in [6.45, 7) is 3.74. The van der Waals surface area contributed by atoms with Crippen molar-refractivity contribution in [1.29, 1.82) is 0 Å². The Morgan fingerprint density at radius 1 is 1.40 bits per heavy atom. The number of thioether (sulfide) groups is 1. The Bertz CT molecular complexity index is 553. The Balaban J connectivity index is 2.67. The van der Waals surface area contributed by atoms with Crippen LogP contribution in [0.5, 0.6) is 0 Å². The molecular formula is C13H14N2O3S2. The fraction of sp³-hybridized carbons (Fsp3) is 0.231. The van der Waals surface area contributed by atoms with Crippen molar-refractivity contribution >= 4 is 39.8 Å². The second-order valence-electron chi connectivity index (χ2n) is 4.19. The zero-order chi connectivity index (χ0) is 15.3. The van der Waals surface area contributed by atoms with Crippen molar-refractivity contribution in [2.24, 2.45) is 0 Å². The molecule has 1 aromatic carbocycles. The van der Waals surface area contributed by atoms with E-state index in [2.05, 4.69) is 6.58 Å². The molecule has 0 aromatic heterocycles. The van der Waals surface area contributed by atoms with Crippen LogP contribution in [0.2, 0.25) is 0 Å². The molecule has 1 aromatic rings. The maximum absolute atomic E-state index is 12.1. The van der Waals surface area contributed by atoms with Gasteiger partial charge in [-0.1, -0.05) is 30.6 Å². The van der Waals surface area contributed by atoms with Crippen LogP contribution in [-0.2, 0) is 0 Å². The fourth-order valence-electron chi connectivity index (χ4n) is 1.28. The number of benzene rings is 1. The van der Waals surface area contributed by atoms with Crippen LogP contribution in [0.25, 0.3) is 0 Å². The molecule has 7 heteroatoms. The number of carbonyl (C=O) groups is 1. The van der Waals surface area contributed by atoms with E-state index in [1.807, 2.05) is 14.1 Å². The predicted molar refractivity (Wildman–Crippen MR) is 85.3 cm³/mol. The van der Waals surface area contributed by atoms with Gasteiger partial charge in [0.1, 0.15) is 4.32 Å². The number of Topliss-reactive ketones (excluding diaryl/α,β-unsaturated/α-hetero) is 1. The van der Waals surface area contributed by atoms with Gasteiger partial charge in [0.2, 0.25) is 0 Å². The summed E-state index contributed by atoms with van der Waals surface area (Å²) in [7, 11) is 3.66. The normalized spacial score (nSPS) is 9.90. The number of carbonyl (C=O) groups excluding carboxylic acids is 1. The second-order valence-corrected chi connectivity index (χ2v) is 5.79. The van der Waals surface area contributed by atoms with E-state index in [0.717, 1.165) is 0 Å². The van der Waals surface area contributed by atoms with Gasteiger partial charge in [-0.15, -0.1) is 0 Å². The average molecular weight is 310 g/mol. The van der Waals surface area contributed by atoms with E-state index in [0.29, 0.717) is 21.2 Å². The van der Waals surface area contributed by atoms with Gasteiger partial charge in [0, 0.05) is 43.1 Å². The van der Waals surface area contributed by atoms with Crippen LogP contribution >= 0.6 is 24.0 Å². The lowest BCUT2D eigenvalue weighted by Crippen LogP contribution is -2.17. The van der Waals surface area contributed by atoms with Gasteiger partial charge in [-0.05, 0) is 12.1 Å². The third-order valence-corrected chi connectivity index (χ3v) is 4.22. The Hall–Kier alpha value is -1.73. The first-order valence-electron chi connectivity index (χ1n) is 5.64. The third kappa shape index (κ3) is 4.43. The number of nitro groups is 1. The molecule has 0 aliphatic carbocycles. The van der Waals surface area contributed by atoms with Crippen molar-refractivity contribution in [3.05, 3.63) is 52.1 Å². The number of non-ortho nitro benzene ring substituents is 1. The van der Waals surface area contributed by atoms with Gasteiger partial charge < -0.3 is 4.90 Å². The van der Waals surface area contributed by atoms with Gasteiger partial charge in [0.25, 0.3) is 5.69 Å². The zero-order valence-corrected chi connectivity index (χ0v) is 12.8. The van der Waals surface area contributed by atoms with Crippen LogP contribution in [0.15, 0.2) is 36.4 Å². The van der Waals surface area contributed by atoms with Crippen molar-refractivity contribution < 1.29 is 9.72 Å². The first-order valence-corrected chi connectivity index (χ1v) is 7.03. The lowest BCUT2D eigenvalue weighted by Gasteiger charge is -2.13. The fourth-order valence-corrected chi connectivity index (χ4v) is 2.15. The van der Waals surface area contributed by atoms with Crippen LogP contribution in [0.4, 0.5) is 5.69 Å². The molecule has 5 nitrogen and oxygen atoms in total. The zero-order valence-electron chi connectivity index (χ0n) is 11.2. The molecule has 0 saturated heterocycles. The number of rotatable bonds is 5. The highest BCUT2D eigenvalue weighted by molar-refractivity contribution is 8.23. The first kappa shape index (κ1) is 16.3.